The minimum atomic E-state index is -0.261. The van der Waals surface area contributed by atoms with E-state index in [4.69, 9.17) is 10.2 Å². The highest BCUT2D eigenvalue weighted by Crippen LogP contribution is 2.25. The van der Waals surface area contributed by atoms with Crippen LogP contribution in [-0.4, -0.2) is 47.3 Å². The SMILES string of the molecule is N[C@H](Cc1ccccc1)c1nnc(N2CCCN3CCC[C@H]3C2)o1. The summed E-state index contributed by atoms with van der Waals surface area (Å²) < 4.78 is 5.92. The maximum Gasteiger partial charge on any atom is 0.318 e. The summed E-state index contributed by atoms with van der Waals surface area (Å²) in [4.78, 5) is 4.83. The number of fused-ring (bicyclic) bond motifs is 1. The number of benzene rings is 1. The van der Waals surface area contributed by atoms with Crippen molar-refractivity contribution in [2.24, 2.45) is 5.73 Å². The van der Waals surface area contributed by atoms with Crippen LogP contribution < -0.4 is 10.6 Å². The lowest BCUT2D eigenvalue weighted by Gasteiger charge is -2.24. The summed E-state index contributed by atoms with van der Waals surface area (Å²) in [6.45, 7) is 4.36. The Morgan fingerprint density at radius 2 is 1.96 bits per heavy atom. The second-order valence-electron chi connectivity index (χ2n) is 6.85. The molecule has 6 nitrogen and oxygen atoms in total. The van der Waals surface area contributed by atoms with Crippen molar-refractivity contribution < 1.29 is 4.42 Å². The molecule has 0 saturated carbocycles. The standard InChI is InChI=1S/C18H25N5O/c19-16(12-14-6-2-1-3-7-14)17-20-21-18(24-17)23-11-5-10-22-9-4-8-15(22)13-23/h1-3,6-7,15-16H,4-5,8-13,19H2/t15-,16+/m0/s1. The summed E-state index contributed by atoms with van der Waals surface area (Å²) in [6, 6.07) is 11.2. The first-order valence-electron chi connectivity index (χ1n) is 8.91. The molecule has 0 bridgehead atoms. The number of hydrogen-bond acceptors (Lipinski definition) is 6. The Morgan fingerprint density at radius 1 is 1.12 bits per heavy atom. The smallest absolute Gasteiger partial charge is 0.318 e. The molecule has 2 saturated heterocycles. The van der Waals surface area contributed by atoms with Crippen molar-refractivity contribution in [1.29, 1.82) is 0 Å². The molecule has 2 fully saturated rings. The van der Waals surface area contributed by atoms with Crippen LogP contribution in [0.15, 0.2) is 34.7 Å². The summed E-state index contributed by atoms with van der Waals surface area (Å²) in [6.07, 6.45) is 4.42. The van der Waals surface area contributed by atoms with Crippen molar-refractivity contribution in [2.75, 3.05) is 31.1 Å². The molecule has 6 heteroatoms. The third-order valence-corrected chi connectivity index (χ3v) is 5.12. The Labute approximate surface area is 142 Å². The van der Waals surface area contributed by atoms with E-state index < -0.39 is 0 Å². The largest absolute Gasteiger partial charge is 0.406 e. The van der Waals surface area contributed by atoms with Gasteiger partial charge in [0.1, 0.15) is 0 Å². The predicted molar refractivity (Wildman–Crippen MR) is 92.8 cm³/mol. The van der Waals surface area contributed by atoms with Crippen molar-refractivity contribution in [3.8, 4) is 0 Å². The second kappa shape index (κ2) is 6.91. The fraction of sp³-hybridized carbons (Fsp3) is 0.556. The van der Waals surface area contributed by atoms with Gasteiger partial charge in [-0.3, -0.25) is 4.90 Å². The molecule has 2 aliphatic heterocycles. The van der Waals surface area contributed by atoms with Crippen molar-refractivity contribution in [3.05, 3.63) is 41.8 Å². The highest BCUT2D eigenvalue weighted by atomic mass is 16.4. The van der Waals surface area contributed by atoms with E-state index in [1.807, 2.05) is 18.2 Å². The van der Waals surface area contributed by atoms with E-state index in [9.17, 15) is 0 Å². The summed E-state index contributed by atoms with van der Waals surface area (Å²) in [5.74, 6) is 0.529. The maximum absolute atomic E-state index is 6.26. The molecule has 0 unspecified atom stereocenters. The van der Waals surface area contributed by atoms with Crippen LogP contribution in [0.4, 0.5) is 6.01 Å². The molecule has 128 valence electrons. The van der Waals surface area contributed by atoms with E-state index in [1.54, 1.807) is 0 Å². The number of nitrogens with two attached hydrogens (primary N) is 1. The fourth-order valence-electron chi connectivity index (χ4n) is 3.84. The van der Waals surface area contributed by atoms with Gasteiger partial charge in [-0.05, 0) is 37.8 Å². The zero-order valence-electron chi connectivity index (χ0n) is 14.0. The topological polar surface area (TPSA) is 71.4 Å². The van der Waals surface area contributed by atoms with Crippen molar-refractivity contribution >= 4 is 6.01 Å². The molecule has 2 aliphatic rings. The van der Waals surface area contributed by atoms with Crippen molar-refractivity contribution in [1.82, 2.24) is 15.1 Å². The van der Waals surface area contributed by atoms with Crippen molar-refractivity contribution in [2.45, 2.75) is 37.8 Å². The van der Waals surface area contributed by atoms with Gasteiger partial charge in [-0.1, -0.05) is 35.4 Å². The molecule has 0 radical (unpaired) electrons. The molecule has 2 aromatic rings. The van der Waals surface area contributed by atoms with E-state index in [0.29, 0.717) is 24.4 Å². The molecule has 0 amide bonds. The van der Waals surface area contributed by atoms with E-state index in [1.165, 1.54) is 31.5 Å². The minimum Gasteiger partial charge on any atom is -0.406 e. The van der Waals surface area contributed by atoms with Crippen LogP contribution >= 0.6 is 0 Å². The van der Waals surface area contributed by atoms with Crippen LogP contribution in [0, 0.1) is 0 Å². The first-order chi connectivity index (χ1) is 11.8. The van der Waals surface area contributed by atoms with Crippen LogP contribution in [0.3, 0.4) is 0 Å². The van der Waals surface area contributed by atoms with Gasteiger partial charge >= 0.3 is 6.01 Å². The fourth-order valence-corrected chi connectivity index (χ4v) is 3.84. The summed E-state index contributed by atoms with van der Waals surface area (Å²) in [5, 5.41) is 8.48. The normalized spacial score (nSPS) is 23.0. The molecule has 0 aliphatic carbocycles. The van der Waals surface area contributed by atoms with Crippen molar-refractivity contribution in [3.63, 3.8) is 0 Å². The molecule has 4 rings (SSSR count). The van der Waals surface area contributed by atoms with Gasteiger partial charge in [-0.15, -0.1) is 5.10 Å². The Morgan fingerprint density at radius 3 is 2.83 bits per heavy atom. The highest BCUT2D eigenvalue weighted by molar-refractivity contribution is 5.26. The third kappa shape index (κ3) is 3.30. The van der Waals surface area contributed by atoms with Gasteiger partial charge in [0.05, 0.1) is 6.04 Å². The zero-order chi connectivity index (χ0) is 16.4. The van der Waals surface area contributed by atoms with E-state index in [0.717, 1.165) is 19.5 Å². The van der Waals surface area contributed by atoms with Crippen LogP contribution in [0.5, 0.6) is 0 Å². The van der Waals surface area contributed by atoms with E-state index >= 15 is 0 Å². The van der Waals surface area contributed by atoms with Gasteiger partial charge in [-0.2, -0.15) is 0 Å². The van der Waals surface area contributed by atoms with Gasteiger partial charge in [-0.25, -0.2) is 0 Å². The minimum absolute atomic E-state index is 0.261. The second-order valence-corrected chi connectivity index (χ2v) is 6.85. The lowest BCUT2D eigenvalue weighted by molar-refractivity contribution is 0.272. The zero-order valence-corrected chi connectivity index (χ0v) is 14.0. The Bertz CT molecular complexity index is 658. The summed E-state index contributed by atoms with van der Waals surface area (Å²) in [5.41, 5.74) is 7.44. The Balaban J connectivity index is 1.44. The molecule has 0 spiro atoms. The number of nitrogens with zero attached hydrogens (tertiary/aromatic N) is 4. The Kier molecular flexibility index (Phi) is 4.49. The first-order valence-corrected chi connectivity index (χ1v) is 8.91. The first kappa shape index (κ1) is 15.6. The van der Waals surface area contributed by atoms with Crippen LogP contribution in [0.2, 0.25) is 0 Å². The number of hydrogen-bond donors (Lipinski definition) is 1. The number of anilines is 1. The lowest BCUT2D eigenvalue weighted by atomic mass is 10.1. The maximum atomic E-state index is 6.26. The molecule has 24 heavy (non-hydrogen) atoms. The van der Waals surface area contributed by atoms with E-state index in [2.05, 4.69) is 32.1 Å². The average molecular weight is 327 g/mol. The highest BCUT2D eigenvalue weighted by Gasteiger charge is 2.30. The van der Waals surface area contributed by atoms with Gasteiger partial charge in [0.2, 0.25) is 5.89 Å². The van der Waals surface area contributed by atoms with Gasteiger partial charge in [0.15, 0.2) is 0 Å². The number of rotatable bonds is 4. The molecule has 2 atom stereocenters. The molecular formula is C18H25N5O. The monoisotopic (exact) mass is 327 g/mol. The van der Waals surface area contributed by atoms with Gasteiger partial charge in [0, 0.05) is 25.7 Å². The molecule has 3 heterocycles. The molecule has 1 aromatic heterocycles. The predicted octanol–water partition coefficient (Wildman–Crippen LogP) is 1.99. The lowest BCUT2D eigenvalue weighted by Crippen LogP contribution is -2.36. The van der Waals surface area contributed by atoms with Crippen LogP contribution in [-0.2, 0) is 6.42 Å². The quantitative estimate of drug-likeness (QED) is 0.926. The molecule has 1 aromatic carbocycles. The van der Waals surface area contributed by atoms with E-state index in [-0.39, 0.29) is 6.04 Å². The molecule has 2 N–H and O–H groups in total. The summed E-state index contributed by atoms with van der Waals surface area (Å²) >= 11 is 0. The number of aromatic nitrogens is 2. The summed E-state index contributed by atoms with van der Waals surface area (Å²) in [7, 11) is 0. The molecular weight excluding hydrogens is 302 g/mol. The average Bonchev–Trinajstić information content (AvgIpc) is 3.21. The van der Waals surface area contributed by atoms with Gasteiger partial charge in [0.25, 0.3) is 0 Å². The van der Waals surface area contributed by atoms with Crippen LogP contribution in [0.25, 0.3) is 0 Å². The third-order valence-electron chi connectivity index (χ3n) is 5.12. The van der Waals surface area contributed by atoms with Gasteiger partial charge < -0.3 is 15.1 Å². The Hall–Kier alpha value is -1.92. The van der Waals surface area contributed by atoms with Crippen LogP contribution in [0.1, 0.15) is 36.8 Å².